The zero-order chi connectivity index (χ0) is 10.7. The quantitative estimate of drug-likeness (QED) is 0.828. The van der Waals surface area contributed by atoms with Gasteiger partial charge in [0, 0.05) is 21.9 Å². The molecule has 0 atom stereocenters. The maximum Gasteiger partial charge on any atom is 0.261 e. The minimum absolute atomic E-state index is 0.0736. The normalized spacial score (nSPS) is 10.2. The molecule has 0 bridgehead atoms. The van der Waals surface area contributed by atoms with Crippen molar-refractivity contribution in [2.75, 3.05) is 0 Å². The highest BCUT2D eigenvalue weighted by molar-refractivity contribution is 7.80. The largest absolute Gasteiger partial charge is 0.345 e. The van der Waals surface area contributed by atoms with Gasteiger partial charge in [-0.2, -0.15) is 0 Å². The summed E-state index contributed by atoms with van der Waals surface area (Å²) in [5, 5.41) is 7.43. The molecule has 0 unspecified atom stereocenters. The fraction of sp³-hybridized carbons (Fsp3) is 0.111. The van der Waals surface area contributed by atoms with Crippen LogP contribution in [-0.2, 0) is 6.54 Å². The van der Waals surface area contributed by atoms with Crippen molar-refractivity contribution in [2.45, 2.75) is 11.4 Å². The van der Waals surface area contributed by atoms with Crippen LogP contribution in [0.5, 0.6) is 0 Å². The van der Waals surface area contributed by atoms with Gasteiger partial charge in [0.05, 0.1) is 11.4 Å². The third kappa shape index (κ3) is 2.80. The summed E-state index contributed by atoms with van der Waals surface area (Å²) >= 11 is 7.07. The van der Waals surface area contributed by atoms with Crippen molar-refractivity contribution in [3.05, 3.63) is 32.9 Å². The maximum absolute atomic E-state index is 11.6. The standard InChI is InChI=1S/C9H8N2OS3/c12-9(7-3-6(13)5-15-7)11-4-8-10-1-2-14-8/h1-3,5,13H,4H2,(H,11,12). The number of carbonyl (C=O) groups is 1. The van der Waals surface area contributed by atoms with Crippen LogP contribution in [0.3, 0.4) is 0 Å². The van der Waals surface area contributed by atoms with E-state index in [0.717, 1.165) is 9.90 Å². The van der Waals surface area contributed by atoms with Gasteiger partial charge in [-0.15, -0.1) is 35.3 Å². The molecule has 78 valence electrons. The van der Waals surface area contributed by atoms with Gasteiger partial charge in [-0.05, 0) is 6.07 Å². The molecule has 0 radical (unpaired) electrons. The number of carbonyl (C=O) groups excluding carboxylic acids is 1. The van der Waals surface area contributed by atoms with Crippen LogP contribution in [0.4, 0.5) is 0 Å². The Balaban J connectivity index is 1.93. The van der Waals surface area contributed by atoms with Crippen LogP contribution in [0.25, 0.3) is 0 Å². The van der Waals surface area contributed by atoms with Gasteiger partial charge >= 0.3 is 0 Å². The summed E-state index contributed by atoms with van der Waals surface area (Å²) in [6.07, 6.45) is 1.73. The van der Waals surface area contributed by atoms with E-state index in [4.69, 9.17) is 0 Å². The number of thiol groups is 1. The van der Waals surface area contributed by atoms with Crippen molar-refractivity contribution in [3.63, 3.8) is 0 Å². The van der Waals surface area contributed by atoms with E-state index >= 15 is 0 Å². The first-order valence-electron chi connectivity index (χ1n) is 4.20. The van der Waals surface area contributed by atoms with Crippen molar-refractivity contribution in [2.24, 2.45) is 0 Å². The van der Waals surface area contributed by atoms with Crippen molar-refractivity contribution in [1.29, 1.82) is 0 Å². The second-order valence-electron chi connectivity index (χ2n) is 2.78. The van der Waals surface area contributed by atoms with Crippen LogP contribution in [-0.4, -0.2) is 10.9 Å². The summed E-state index contributed by atoms with van der Waals surface area (Å²) in [4.78, 5) is 17.2. The van der Waals surface area contributed by atoms with E-state index in [0.29, 0.717) is 11.4 Å². The lowest BCUT2D eigenvalue weighted by Gasteiger charge is -1.99. The maximum atomic E-state index is 11.6. The minimum atomic E-state index is -0.0736. The molecule has 6 heteroatoms. The Morgan fingerprint density at radius 2 is 2.40 bits per heavy atom. The number of amides is 1. The zero-order valence-corrected chi connectivity index (χ0v) is 10.2. The number of rotatable bonds is 3. The average molecular weight is 256 g/mol. The summed E-state index contributed by atoms with van der Waals surface area (Å²) in [7, 11) is 0. The number of nitrogens with one attached hydrogen (secondary N) is 1. The monoisotopic (exact) mass is 256 g/mol. The third-order valence-corrected chi connectivity index (χ3v) is 3.83. The van der Waals surface area contributed by atoms with Gasteiger partial charge < -0.3 is 5.32 Å². The van der Waals surface area contributed by atoms with Gasteiger partial charge in [-0.25, -0.2) is 4.98 Å². The molecule has 0 saturated carbocycles. The molecule has 2 rings (SSSR count). The summed E-state index contributed by atoms with van der Waals surface area (Å²) in [6.45, 7) is 0.482. The molecule has 2 heterocycles. The smallest absolute Gasteiger partial charge is 0.261 e. The first-order valence-corrected chi connectivity index (χ1v) is 6.40. The Hall–Kier alpha value is -0.850. The highest BCUT2D eigenvalue weighted by atomic mass is 32.1. The number of aromatic nitrogens is 1. The first-order chi connectivity index (χ1) is 7.25. The molecule has 3 nitrogen and oxygen atoms in total. The average Bonchev–Trinajstić information content (AvgIpc) is 2.84. The van der Waals surface area contributed by atoms with E-state index in [1.54, 1.807) is 12.3 Å². The topological polar surface area (TPSA) is 42.0 Å². The number of hydrogen-bond donors (Lipinski definition) is 2. The molecule has 15 heavy (non-hydrogen) atoms. The highest BCUT2D eigenvalue weighted by Crippen LogP contribution is 2.17. The Morgan fingerprint density at radius 1 is 1.53 bits per heavy atom. The lowest BCUT2D eigenvalue weighted by atomic mass is 10.4. The molecule has 0 aliphatic heterocycles. The zero-order valence-electron chi connectivity index (χ0n) is 7.64. The molecule has 0 saturated heterocycles. The minimum Gasteiger partial charge on any atom is -0.345 e. The lowest BCUT2D eigenvalue weighted by molar-refractivity contribution is 0.0955. The van der Waals surface area contributed by atoms with E-state index < -0.39 is 0 Å². The molecule has 1 amide bonds. The Kier molecular flexibility index (Phi) is 3.40. The van der Waals surface area contributed by atoms with E-state index in [1.165, 1.54) is 22.7 Å². The number of nitrogens with zero attached hydrogens (tertiary/aromatic N) is 1. The molecule has 0 spiro atoms. The Morgan fingerprint density at radius 3 is 3.00 bits per heavy atom. The number of thiazole rings is 1. The van der Waals surface area contributed by atoms with Crippen LogP contribution in [0.2, 0.25) is 0 Å². The lowest BCUT2D eigenvalue weighted by Crippen LogP contribution is -2.21. The van der Waals surface area contributed by atoms with Gasteiger partial charge in [0.25, 0.3) is 5.91 Å². The molecule has 0 aliphatic carbocycles. The van der Waals surface area contributed by atoms with Gasteiger partial charge in [-0.3, -0.25) is 4.79 Å². The second kappa shape index (κ2) is 4.78. The van der Waals surface area contributed by atoms with E-state index in [9.17, 15) is 4.79 Å². The summed E-state index contributed by atoms with van der Waals surface area (Å²) in [5.41, 5.74) is 0. The number of thiophene rings is 1. The van der Waals surface area contributed by atoms with Crippen LogP contribution in [0.1, 0.15) is 14.7 Å². The van der Waals surface area contributed by atoms with E-state index in [2.05, 4.69) is 22.9 Å². The predicted molar refractivity (Wildman–Crippen MR) is 64.9 cm³/mol. The summed E-state index contributed by atoms with van der Waals surface area (Å²) in [5.74, 6) is -0.0736. The third-order valence-electron chi connectivity index (χ3n) is 1.69. The second-order valence-corrected chi connectivity index (χ2v) is 5.18. The fourth-order valence-corrected chi connectivity index (χ4v) is 2.65. The van der Waals surface area contributed by atoms with Crippen LogP contribution >= 0.6 is 35.3 Å². The molecule has 0 aromatic carbocycles. The summed E-state index contributed by atoms with van der Waals surface area (Å²) in [6, 6.07) is 1.75. The predicted octanol–water partition coefficient (Wildman–Crippen LogP) is 2.42. The van der Waals surface area contributed by atoms with Crippen LogP contribution < -0.4 is 5.32 Å². The van der Waals surface area contributed by atoms with E-state index in [-0.39, 0.29) is 5.91 Å². The van der Waals surface area contributed by atoms with Gasteiger partial charge in [-0.1, -0.05) is 0 Å². The van der Waals surface area contributed by atoms with Crippen LogP contribution in [0, 0.1) is 0 Å². The van der Waals surface area contributed by atoms with Crippen molar-refractivity contribution in [1.82, 2.24) is 10.3 Å². The van der Waals surface area contributed by atoms with Crippen molar-refractivity contribution < 1.29 is 4.79 Å². The van der Waals surface area contributed by atoms with Gasteiger partial charge in [0.15, 0.2) is 0 Å². The van der Waals surface area contributed by atoms with Crippen molar-refractivity contribution >= 4 is 41.2 Å². The van der Waals surface area contributed by atoms with Crippen molar-refractivity contribution in [3.8, 4) is 0 Å². The molecule has 0 aliphatic rings. The van der Waals surface area contributed by atoms with Crippen LogP contribution in [0.15, 0.2) is 27.9 Å². The molecule has 1 N–H and O–H groups in total. The fourth-order valence-electron chi connectivity index (χ4n) is 1.03. The molecular weight excluding hydrogens is 248 g/mol. The van der Waals surface area contributed by atoms with E-state index in [1.807, 2.05) is 10.8 Å². The molecule has 0 fully saturated rings. The SMILES string of the molecule is O=C(NCc1nccs1)c1cc(S)cs1. The first kappa shape index (κ1) is 10.7. The Bertz CT molecular complexity index is 450. The number of hydrogen-bond acceptors (Lipinski definition) is 5. The summed E-state index contributed by atoms with van der Waals surface area (Å²) < 4.78 is 0. The molecule has 2 aromatic rings. The van der Waals surface area contributed by atoms with Gasteiger partial charge in [0.1, 0.15) is 5.01 Å². The Labute approximate surface area is 101 Å². The van der Waals surface area contributed by atoms with Gasteiger partial charge in [0.2, 0.25) is 0 Å². The molecular formula is C9H8N2OS3. The molecule has 2 aromatic heterocycles. The highest BCUT2D eigenvalue weighted by Gasteiger charge is 2.07.